The van der Waals surface area contributed by atoms with Crippen LogP contribution in [0.4, 0.5) is 4.39 Å². The number of carbonyl (C=O) groups excluding carboxylic acids is 1. The smallest absolute Gasteiger partial charge is 0.265 e. The number of rotatable bonds is 6. The largest absolute Gasteiger partial charge is 0.302 e. The first-order valence-corrected chi connectivity index (χ1v) is 7.30. The molecule has 5 nitrogen and oxygen atoms in total. The lowest BCUT2D eigenvalue weighted by molar-refractivity contribution is 0.0953. The van der Waals surface area contributed by atoms with Gasteiger partial charge >= 0.3 is 0 Å². The number of nitrogens with zero attached hydrogens (tertiary/aromatic N) is 2. The maximum Gasteiger partial charge on any atom is 0.265 e. The minimum Gasteiger partial charge on any atom is -0.302 e. The van der Waals surface area contributed by atoms with Crippen molar-refractivity contribution < 1.29 is 9.18 Å². The first-order chi connectivity index (χ1) is 10.1. The summed E-state index contributed by atoms with van der Waals surface area (Å²) in [5.41, 5.74) is 2.95. The van der Waals surface area contributed by atoms with Crippen LogP contribution in [-0.2, 0) is 6.54 Å². The van der Waals surface area contributed by atoms with E-state index in [4.69, 9.17) is 5.84 Å². The van der Waals surface area contributed by atoms with Crippen molar-refractivity contribution in [1.82, 2.24) is 15.2 Å². The third-order valence-corrected chi connectivity index (χ3v) is 3.88. The Morgan fingerprint density at radius 1 is 1.43 bits per heavy atom. The van der Waals surface area contributed by atoms with Crippen molar-refractivity contribution in [2.45, 2.75) is 19.4 Å². The van der Waals surface area contributed by atoms with Crippen LogP contribution in [0, 0.1) is 5.82 Å². The molecular formula is C15H23FN4O. The number of hydrogen-bond donors (Lipinski definition) is 2. The van der Waals surface area contributed by atoms with E-state index >= 15 is 0 Å². The van der Waals surface area contributed by atoms with Crippen LogP contribution in [0.1, 0.15) is 28.8 Å². The molecule has 1 aromatic rings. The summed E-state index contributed by atoms with van der Waals surface area (Å²) in [5, 5.41) is 0. The molecule has 3 N–H and O–H groups in total. The van der Waals surface area contributed by atoms with Gasteiger partial charge in [-0.15, -0.1) is 0 Å². The summed E-state index contributed by atoms with van der Waals surface area (Å²) in [6.07, 6.45) is 2.54. The van der Waals surface area contributed by atoms with Gasteiger partial charge in [0, 0.05) is 30.8 Å². The molecule has 0 spiro atoms. The Kier molecular flexibility index (Phi) is 5.67. The van der Waals surface area contributed by atoms with E-state index in [0.717, 1.165) is 26.2 Å². The molecule has 1 aliphatic heterocycles. The van der Waals surface area contributed by atoms with Crippen molar-refractivity contribution in [2.24, 2.45) is 5.84 Å². The van der Waals surface area contributed by atoms with Gasteiger partial charge in [-0.2, -0.15) is 0 Å². The molecule has 1 amide bonds. The van der Waals surface area contributed by atoms with Crippen LogP contribution in [0.3, 0.4) is 0 Å². The summed E-state index contributed by atoms with van der Waals surface area (Å²) < 4.78 is 13.8. The number of nitrogen functional groups attached to an aromatic ring is 1. The zero-order chi connectivity index (χ0) is 15.2. The molecule has 0 bridgehead atoms. The number of likely N-dealkylation sites (N-methyl/N-ethyl adjacent to an activating group) is 1. The number of nitrogens with one attached hydrogen (secondary N) is 1. The van der Waals surface area contributed by atoms with Crippen LogP contribution in [0.15, 0.2) is 18.2 Å². The van der Waals surface area contributed by atoms with Crippen molar-refractivity contribution in [3.63, 3.8) is 0 Å². The number of hydrogen-bond acceptors (Lipinski definition) is 4. The van der Waals surface area contributed by atoms with Crippen LogP contribution >= 0.6 is 0 Å². The van der Waals surface area contributed by atoms with E-state index < -0.39 is 5.91 Å². The fourth-order valence-electron chi connectivity index (χ4n) is 2.61. The highest BCUT2D eigenvalue weighted by Gasteiger charge is 2.14. The molecule has 1 saturated heterocycles. The average molecular weight is 294 g/mol. The molecule has 21 heavy (non-hydrogen) atoms. The molecule has 116 valence electrons. The molecule has 1 heterocycles. The average Bonchev–Trinajstić information content (AvgIpc) is 3.00. The van der Waals surface area contributed by atoms with E-state index in [-0.39, 0.29) is 5.82 Å². The zero-order valence-electron chi connectivity index (χ0n) is 12.4. The Morgan fingerprint density at radius 3 is 2.81 bits per heavy atom. The highest BCUT2D eigenvalue weighted by Crippen LogP contribution is 2.13. The molecule has 6 heteroatoms. The second kappa shape index (κ2) is 7.49. The van der Waals surface area contributed by atoms with Crippen molar-refractivity contribution >= 4 is 5.91 Å². The summed E-state index contributed by atoms with van der Waals surface area (Å²) in [5.74, 6) is 4.40. The van der Waals surface area contributed by atoms with E-state index in [1.165, 1.54) is 25.0 Å². The Hall–Kier alpha value is -1.50. The van der Waals surface area contributed by atoms with Crippen LogP contribution in [0.25, 0.3) is 0 Å². The summed E-state index contributed by atoms with van der Waals surface area (Å²) in [6.45, 7) is 4.68. The fraction of sp³-hybridized carbons (Fsp3) is 0.533. The Balaban J connectivity index is 1.92. The van der Waals surface area contributed by atoms with E-state index in [2.05, 4.69) is 15.2 Å². The maximum atomic E-state index is 13.8. The van der Waals surface area contributed by atoms with E-state index in [0.29, 0.717) is 17.7 Å². The third kappa shape index (κ3) is 4.49. The van der Waals surface area contributed by atoms with E-state index in [1.54, 1.807) is 6.07 Å². The lowest BCUT2D eigenvalue weighted by atomic mass is 10.1. The number of carbonyl (C=O) groups is 1. The standard InChI is InChI=1S/C15H23FN4O/c1-19(8-9-20-6-2-3-7-20)11-13-10-12(15(21)18-17)4-5-14(13)16/h4-5,10H,2-3,6-9,11,17H2,1H3,(H,18,21). The molecule has 0 saturated carbocycles. The first kappa shape index (κ1) is 15.9. The van der Waals surface area contributed by atoms with Gasteiger partial charge in [0.1, 0.15) is 5.82 Å². The van der Waals surface area contributed by atoms with Crippen LogP contribution in [0.2, 0.25) is 0 Å². The second-order valence-corrected chi connectivity index (χ2v) is 5.57. The van der Waals surface area contributed by atoms with Gasteiger partial charge in [-0.1, -0.05) is 0 Å². The van der Waals surface area contributed by atoms with Crippen molar-refractivity contribution in [3.8, 4) is 0 Å². The zero-order valence-corrected chi connectivity index (χ0v) is 12.4. The SMILES string of the molecule is CN(CCN1CCCC1)Cc1cc(C(=O)NN)ccc1F. The van der Waals surface area contributed by atoms with Gasteiger partial charge in [-0.3, -0.25) is 10.2 Å². The lowest BCUT2D eigenvalue weighted by Gasteiger charge is -2.21. The van der Waals surface area contributed by atoms with E-state index in [1.807, 2.05) is 7.05 Å². The number of halogens is 1. The number of likely N-dealkylation sites (tertiary alicyclic amines) is 1. The lowest BCUT2D eigenvalue weighted by Crippen LogP contribution is -2.32. The quantitative estimate of drug-likeness (QED) is 0.466. The predicted octanol–water partition coefficient (Wildman–Crippen LogP) is 0.957. The monoisotopic (exact) mass is 294 g/mol. The number of amides is 1. The van der Waals surface area contributed by atoms with Crippen molar-refractivity contribution in [1.29, 1.82) is 0 Å². The number of hydrazine groups is 1. The predicted molar refractivity (Wildman–Crippen MR) is 80.1 cm³/mol. The topological polar surface area (TPSA) is 61.6 Å². The van der Waals surface area contributed by atoms with Gasteiger partial charge in [-0.05, 0) is 51.2 Å². The molecule has 1 fully saturated rings. The summed E-state index contributed by atoms with van der Waals surface area (Å²) in [4.78, 5) is 16.0. The Bertz CT molecular complexity index is 489. The molecular weight excluding hydrogens is 271 g/mol. The number of benzene rings is 1. The minimum absolute atomic E-state index is 0.295. The molecule has 0 aromatic heterocycles. The normalized spacial score (nSPS) is 15.6. The van der Waals surface area contributed by atoms with Crippen LogP contribution in [0.5, 0.6) is 0 Å². The Morgan fingerprint density at radius 2 is 2.14 bits per heavy atom. The molecule has 0 atom stereocenters. The second-order valence-electron chi connectivity index (χ2n) is 5.57. The first-order valence-electron chi connectivity index (χ1n) is 7.30. The summed E-state index contributed by atoms with van der Waals surface area (Å²) >= 11 is 0. The Labute approximate surface area is 124 Å². The minimum atomic E-state index is -0.407. The highest BCUT2D eigenvalue weighted by molar-refractivity contribution is 5.93. The molecule has 0 radical (unpaired) electrons. The van der Waals surface area contributed by atoms with Gasteiger partial charge in [0.2, 0.25) is 0 Å². The fourth-order valence-corrected chi connectivity index (χ4v) is 2.61. The van der Waals surface area contributed by atoms with Gasteiger partial charge in [0.25, 0.3) is 5.91 Å². The molecule has 1 aromatic carbocycles. The van der Waals surface area contributed by atoms with Gasteiger partial charge in [-0.25, -0.2) is 10.2 Å². The van der Waals surface area contributed by atoms with Crippen molar-refractivity contribution in [3.05, 3.63) is 35.1 Å². The van der Waals surface area contributed by atoms with Crippen molar-refractivity contribution in [2.75, 3.05) is 33.2 Å². The van der Waals surface area contributed by atoms with Crippen LogP contribution in [-0.4, -0.2) is 48.9 Å². The van der Waals surface area contributed by atoms with Gasteiger partial charge < -0.3 is 9.80 Å². The molecule has 0 aliphatic carbocycles. The highest BCUT2D eigenvalue weighted by atomic mass is 19.1. The summed E-state index contributed by atoms with van der Waals surface area (Å²) in [7, 11) is 1.96. The third-order valence-electron chi connectivity index (χ3n) is 3.88. The molecule has 1 aliphatic rings. The summed E-state index contributed by atoms with van der Waals surface area (Å²) in [6, 6.07) is 4.31. The molecule has 2 rings (SSSR count). The maximum absolute atomic E-state index is 13.8. The van der Waals surface area contributed by atoms with Gasteiger partial charge in [0.15, 0.2) is 0 Å². The van der Waals surface area contributed by atoms with Gasteiger partial charge in [0.05, 0.1) is 0 Å². The molecule has 0 unspecified atom stereocenters. The van der Waals surface area contributed by atoms with E-state index in [9.17, 15) is 9.18 Å². The number of nitrogens with two attached hydrogens (primary N) is 1. The van der Waals surface area contributed by atoms with Crippen LogP contribution < -0.4 is 11.3 Å².